The summed E-state index contributed by atoms with van der Waals surface area (Å²) >= 11 is 0. The van der Waals surface area contributed by atoms with Crippen LogP contribution in [-0.4, -0.2) is 27.1 Å². The summed E-state index contributed by atoms with van der Waals surface area (Å²) in [6.07, 6.45) is 4.12. The second kappa shape index (κ2) is 4.65. The number of fused-ring (bicyclic) bond motifs is 4. The summed E-state index contributed by atoms with van der Waals surface area (Å²) in [7, 11) is 0. The molecule has 3 aromatic rings. The highest BCUT2D eigenvalue weighted by molar-refractivity contribution is 5.84. The monoisotopic (exact) mass is 304 g/mol. The molecule has 0 bridgehead atoms. The van der Waals surface area contributed by atoms with Gasteiger partial charge in [0, 0.05) is 24.8 Å². The molecule has 0 amide bonds. The molecule has 0 spiro atoms. The fourth-order valence-corrected chi connectivity index (χ4v) is 3.79. The van der Waals surface area contributed by atoms with Gasteiger partial charge in [0.05, 0.1) is 22.6 Å². The Kier molecular flexibility index (Phi) is 2.59. The first-order valence-corrected chi connectivity index (χ1v) is 8.04. The lowest BCUT2D eigenvalue weighted by molar-refractivity contribution is 0.614. The summed E-state index contributed by atoms with van der Waals surface area (Å²) in [6.45, 7) is 1.78. The predicted octanol–water partition coefficient (Wildman–Crippen LogP) is 2.44. The predicted molar refractivity (Wildman–Crippen MR) is 89.6 cm³/mol. The van der Waals surface area contributed by atoms with E-state index in [0.717, 1.165) is 42.2 Å². The van der Waals surface area contributed by atoms with Crippen LogP contribution < -0.4 is 10.5 Å². The van der Waals surface area contributed by atoms with E-state index in [1.54, 1.807) is 6.20 Å². The van der Waals surface area contributed by atoms with Gasteiger partial charge in [-0.05, 0) is 37.1 Å². The Bertz CT molecular complexity index is 964. The van der Waals surface area contributed by atoms with E-state index in [1.807, 2.05) is 41.0 Å². The third-order valence-corrected chi connectivity index (χ3v) is 4.92. The van der Waals surface area contributed by atoms with Crippen LogP contribution in [0.2, 0.25) is 0 Å². The van der Waals surface area contributed by atoms with Gasteiger partial charge in [-0.15, -0.1) is 0 Å². The molecule has 2 aliphatic heterocycles. The molecule has 5 heteroatoms. The number of rotatable bonds is 1. The average molecular weight is 304 g/mol. The molecule has 2 aromatic heterocycles. The minimum atomic E-state index is 0.0759. The minimum Gasteiger partial charge on any atom is -0.337 e. The van der Waals surface area contributed by atoms with Crippen LogP contribution in [0.1, 0.15) is 12.8 Å². The standard InChI is InChI=1S/C18H16N4O/c23-17-14-7-6-12(15-5-1-2-8-19-15)10-16(14)20-18-21-9-3-4-13(21)11-22(17)18/h1-2,5-8,10,13H,3-4,9,11H2/t13-/m0/s1. The smallest absolute Gasteiger partial charge is 0.262 e. The van der Waals surface area contributed by atoms with Crippen molar-refractivity contribution in [2.24, 2.45) is 0 Å². The first-order valence-electron chi connectivity index (χ1n) is 8.04. The number of anilines is 1. The van der Waals surface area contributed by atoms with Crippen LogP contribution in [0.4, 0.5) is 5.95 Å². The lowest BCUT2D eigenvalue weighted by atomic mass is 10.1. The molecular weight excluding hydrogens is 288 g/mol. The van der Waals surface area contributed by atoms with Gasteiger partial charge in [-0.1, -0.05) is 12.1 Å². The number of hydrogen-bond acceptors (Lipinski definition) is 4. The van der Waals surface area contributed by atoms with E-state index in [0.29, 0.717) is 11.4 Å². The molecule has 0 unspecified atom stereocenters. The topological polar surface area (TPSA) is 51.0 Å². The second-order valence-corrected chi connectivity index (χ2v) is 6.26. The number of benzene rings is 1. The number of aromatic nitrogens is 3. The zero-order valence-electron chi connectivity index (χ0n) is 12.6. The van der Waals surface area contributed by atoms with Crippen LogP contribution >= 0.6 is 0 Å². The van der Waals surface area contributed by atoms with Crippen molar-refractivity contribution >= 4 is 16.9 Å². The molecule has 0 aliphatic carbocycles. The zero-order chi connectivity index (χ0) is 15.4. The highest BCUT2D eigenvalue weighted by Crippen LogP contribution is 2.31. The minimum absolute atomic E-state index is 0.0759. The van der Waals surface area contributed by atoms with Crippen LogP contribution in [0.15, 0.2) is 47.4 Å². The molecule has 1 aromatic carbocycles. The number of nitrogens with zero attached hydrogens (tertiary/aromatic N) is 4. The van der Waals surface area contributed by atoms with Crippen molar-refractivity contribution in [1.29, 1.82) is 0 Å². The van der Waals surface area contributed by atoms with Gasteiger partial charge >= 0.3 is 0 Å². The number of pyridine rings is 1. The molecule has 5 nitrogen and oxygen atoms in total. The Morgan fingerprint density at radius 1 is 1.17 bits per heavy atom. The van der Waals surface area contributed by atoms with E-state index in [9.17, 15) is 4.79 Å². The molecule has 1 fully saturated rings. The maximum Gasteiger partial charge on any atom is 0.262 e. The van der Waals surface area contributed by atoms with Crippen LogP contribution in [-0.2, 0) is 6.54 Å². The van der Waals surface area contributed by atoms with Crippen molar-refractivity contribution in [3.63, 3.8) is 0 Å². The van der Waals surface area contributed by atoms with Gasteiger partial charge in [-0.2, -0.15) is 0 Å². The van der Waals surface area contributed by atoms with Crippen molar-refractivity contribution in [1.82, 2.24) is 14.5 Å². The molecule has 4 heterocycles. The van der Waals surface area contributed by atoms with Gasteiger partial charge in [0.1, 0.15) is 0 Å². The summed E-state index contributed by atoms with van der Waals surface area (Å²) < 4.78 is 1.84. The maximum atomic E-state index is 12.8. The quantitative estimate of drug-likeness (QED) is 0.693. The summed E-state index contributed by atoms with van der Waals surface area (Å²) in [4.78, 5) is 24.3. The van der Waals surface area contributed by atoms with Crippen LogP contribution in [0.5, 0.6) is 0 Å². The lowest BCUT2D eigenvalue weighted by Crippen LogP contribution is -2.24. The van der Waals surface area contributed by atoms with E-state index < -0.39 is 0 Å². The van der Waals surface area contributed by atoms with Crippen molar-refractivity contribution in [3.05, 3.63) is 52.9 Å². The van der Waals surface area contributed by atoms with Crippen LogP contribution in [0.3, 0.4) is 0 Å². The summed E-state index contributed by atoms with van der Waals surface area (Å²) in [5.74, 6) is 0.836. The third-order valence-electron chi connectivity index (χ3n) is 4.92. The highest BCUT2D eigenvalue weighted by Gasteiger charge is 2.35. The van der Waals surface area contributed by atoms with E-state index >= 15 is 0 Å². The molecule has 0 N–H and O–H groups in total. The lowest BCUT2D eigenvalue weighted by Gasteiger charge is -2.15. The Morgan fingerprint density at radius 3 is 3.00 bits per heavy atom. The van der Waals surface area contributed by atoms with Gasteiger partial charge in [0.25, 0.3) is 5.56 Å². The van der Waals surface area contributed by atoms with Gasteiger partial charge < -0.3 is 4.90 Å². The third kappa shape index (κ3) is 1.82. The maximum absolute atomic E-state index is 12.8. The molecule has 23 heavy (non-hydrogen) atoms. The van der Waals surface area contributed by atoms with E-state index in [2.05, 4.69) is 9.88 Å². The van der Waals surface area contributed by atoms with Gasteiger partial charge in [0.2, 0.25) is 5.95 Å². The Morgan fingerprint density at radius 2 is 2.13 bits per heavy atom. The molecular formula is C18H16N4O. The van der Waals surface area contributed by atoms with Crippen LogP contribution in [0.25, 0.3) is 22.2 Å². The molecule has 1 saturated heterocycles. The van der Waals surface area contributed by atoms with E-state index in [4.69, 9.17) is 4.98 Å². The normalized spacial score (nSPS) is 19.1. The Balaban J connectivity index is 1.72. The summed E-state index contributed by atoms with van der Waals surface area (Å²) in [5, 5.41) is 0.689. The number of hydrogen-bond donors (Lipinski definition) is 0. The SMILES string of the molecule is O=c1c2ccc(-c3ccccn3)cc2nc2n1C[C@@H]1CCCN21. The second-order valence-electron chi connectivity index (χ2n) is 6.26. The molecule has 1 atom stereocenters. The molecule has 0 radical (unpaired) electrons. The zero-order valence-corrected chi connectivity index (χ0v) is 12.6. The fourth-order valence-electron chi connectivity index (χ4n) is 3.79. The molecule has 114 valence electrons. The summed E-state index contributed by atoms with van der Waals surface area (Å²) in [6, 6.07) is 12.1. The van der Waals surface area contributed by atoms with Crippen LogP contribution in [0, 0.1) is 0 Å². The average Bonchev–Trinajstić information content (AvgIpc) is 3.18. The Hall–Kier alpha value is -2.69. The summed E-state index contributed by atoms with van der Waals surface area (Å²) in [5.41, 5.74) is 2.73. The van der Waals surface area contributed by atoms with Crippen molar-refractivity contribution in [2.75, 3.05) is 11.4 Å². The molecule has 0 saturated carbocycles. The van der Waals surface area contributed by atoms with Crippen molar-refractivity contribution in [3.8, 4) is 11.3 Å². The van der Waals surface area contributed by atoms with E-state index in [1.165, 1.54) is 6.42 Å². The molecule has 5 rings (SSSR count). The highest BCUT2D eigenvalue weighted by atomic mass is 16.1. The fraction of sp³-hybridized carbons (Fsp3) is 0.278. The van der Waals surface area contributed by atoms with Gasteiger partial charge in [-0.25, -0.2) is 4.98 Å². The van der Waals surface area contributed by atoms with Gasteiger partial charge in [0.15, 0.2) is 0 Å². The van der Waals surface area contributed by atoms with Gasteiger partial charge in [-0.3, -0.25) is 14.3 Å². The largest absolute Gasteiger partial charge is 0.337 e. The first-order chi connectivity index (χ1) is 11.3. The first kappa shape index (κ1) is 12.8. The Labute approximate surface area is 133 Å². The van der Waals surface area contributed by atoms with E-state index in [-0.39, 0.29) is 5.56 Å². The van der Waals surface area contributed by atoms with Crippen molar-refractivity contribution < 1.29 is 0 Å². The van der Waals surface area contributed by atoms with Crippen molar-refractivity contribution in [2.45, 2.75) is 25.4 Å². The molecule has 2 aliphatic rings.